The van der Waals surface area contributed by atoms with Crippen LogP contribution in [0.4, 0.5) is 0 Å². The average molecular weight is 424 g/mol. The number of nitrogens with zero attached hydrogens (tertiary/aromatic N) is 1. The van der Waals surface area contributed by atoms with Crippen LogP contribution in [0.15, 0.2) is 48.5 Å². The third kappa shape index (κ3) is 5.63. The van der Waals surface area contributed by atoms with Gasteiger partial charge in [-0.25, -0.2) is 0 Å². The van der Waals surface area contributed by atoms with Gasteiger partial charge in [0.15, 0.2) is 6.10 Å². The number of aryl methyl sites for hydroxylation is 2. The molecule has 2 atom stereocenters. The lowest BCUT2D eigenvalue weighted by Gasteiger charge is -2.36. The third-order valence-corrected chi connectivity index (χ3v) is 5.27. The Balaban J connectivity index is 1.65. The van der Waals surface area contributed by atoms with E-state index in [-0.39, 0.29) is 24.8 Å². The molecule has 3 rings (SSSR count). The van der Waals surface area contributed by atoms with E-state index in [1.807, 2.05) is 62.4 Å². The fourth-order valence-corrected chi connectivity index (χ4v) is 3.58. The molecule has 1 aliphatic rings. The van der Waals surface area contributed by atoms with Gasteiger partial charge in [0, 0.05) is 13.1 Å². The molecule has 0 aliphatic carbocycles. The van der Waals surface area contributed by atoms with Crippen LogP contribution in [0.25, 0.3) is 0 Å². The molecule has 1 fully saturated rings. The lowest BCUT2D eigenvalue weighted by Crippen LogP contribution is -2.60. The Morgan fingerprint density at radius 2 is 1.77 bits per heavy atom. The molecule has 7 nitrogen and oxygen atoms in total. The van der Waals surface area contributed by atoms with Gasteiger partial charge in [-0.05, 0) is 37.5 Å². The summed E-state index contributed by atoms with van der Waals surface area (Å²) in [4.78, 5) is 39.4. The summed E-state index contributed by atoms with van der Waals surface area (Å²) in [5.74, 6) is -0.579. The van der Waals surface area contributed by atoms with Crippen molar-refractivity contribution in [2.45, 2.75) is 45.9 Å². The molecule has 2 aromatic rings. The summed E-state index contributed by atoms with van der Waals surface area (Å²) in [7, 11) is 0. The first-order valence-electron chi connectivity index (χ1n) is 10.4. The second-order valence-electron chi connectivity index (χ2n) is 7.67. The van der Waals surface area contributed by atoms with Crippen LogP contribution in [0.2, 0.25) is 0 Å². The molecule has 1 saturated heterocycles. The number of carbonyl (C=O) groups excluding carboxylic acids is 3. The molecular weight excluding hydrogens is 396 g/mol. The molecule has 31 heavy (non-hydrogen) atoms. The monoisotopic (exact) mass is 424 g/mol. The number of piperazine rings is 1. The smallest absolute Gasteiger partial charge is 0.308 e. The van der Waals surface area contributed by atoms with E-state index < -0.39 is 18.1 Å². The van der Waals surface area contributed by atoms with E-state index >= 15 is 0 Å². The molecule has 7 heteroatoms. The summed E-state index contributed by atoms with van der Waals surface area (Å²) >= 11 is 0. The first-order valence-corrected chi connectivity index (χ1v) is 10.4. The molecule has 1 aliphatic heterocycles. The second-order valence-corrected chi connectivity index (χ2v) is 7.67. The van der Waals surface area contributed by atoms with Crippen LogP contribution in [0, 0.1) is 13.8 Å². The highest BCUT2D eigenvalue weighted by Gasteiger charge is 2.37. The second kappa shape index (κ2) is 10.1. The molecule has 1 N–H and O–H groups in total. The number of carbonyl (C=O) groups is 3. The average Bonchev–Trinajstić information content (AvgIpc) is 2.76. The van der Waals surface area contributed by atoms with Crippen LogP contribution in [0.3, 0.4) is 0 Å². The normalized spacial score (nSPS) is 16.9. The van der Waals surface area contributed by atoms with Crippen molar-refractivity contribution in [1.29, 1.82) is 0 Å². The highest BCUT2D eigenvalue weighted by molar-refractivity contribution is 5.93. The topological polar surface area (TPSA) is 84.9 Å². The fraction of sp³-hybridized carbons (Fsp3) is 0.375. The maximum absolute atomic E-state index is 13.1. The van der Waals surface area contributed by atoms with Gasteiger partial charge >= 0.3 is 5.97 Å². The van der Waals surface area contributed by atoms with Gasteiger partial charge < -0.3 is 19.7 Å². The predicted octanol–water partition coefficient (Wildman–Crippen LogP) is 2.53. The summed E-state index contributed by atoms with van der Waals surface area (Å²) in [5, 5.41) is 2.72. The molecule has 0 aromatic heterocycles. The molecule has 164 valence electrons. The Morgan fingerprint density at radius 3 is 2.45 bits per heavy atom. The zero-order valence-electron chi connectivity index (χ0n) is 18.1. The number of amides is 2. The van der Waals surface area contributed by atoms with E-state index in [0.717, 1.165) is 16.7 Å². The van der Waals surface area contributed by atoms with Gasteiger partial charge in [0.1, 0.15) is 18.4 Å². The van der Waals surface area contributed by atoms with Crippen LogP contribution in [0.5, 0.6) is 5.75 Å². The molecule has 0 spiro atoms. The number of ether oxygens (including phenoxy) is 2. The van der Waals surface area contributed by atoms with E-state index in [4.69, 9.17) is 9.47 Å². The lowest BCUT2D eigenvalue weighted by molar-refractivity contribution is -0.154. The highest BCUT2D eigenvalue weighted by Crippen LogP contribution is 2.24. The minimum absolute atomic E-state index is 0.119. The van der Waals surface area contributed by atoms with Crippen molar-refractivity contribution in [3.8, 4) is 5.75 Å². The summed E-state index contributed by atoms with van der Waals surface area (Å²) < 4.78 is 11.3. The van der Waals surface area contributed by atoms with Gasteiger partial charge in [0.2, 0.25) is 5.91 Å². The number of nitrogens with one attached hydrogen (secondary N) is 1. The Kier molecular flexibility index (Phi) is 7.28. The number of rotatable bonds is 7. The van der Waals surface area contributed by atoms with Crippen LogP contribution >= 0.6 is 0 Å². The van der Waals surface area contributed by atoms with Crippen molar-refractivity contribution in [1.82, 2.24) is 10.2 Å². The van der Waals surface area contributed by atoms with Crippen molar-refractivity contribution >= 4 is 17.8 Å². The summed E-state index contributed by atoms with van der Waals surface area (Å²) in [6.07, 6.45) is -1.01. The number of hydrogen-bond acceptors (Lipinski definition) is 5. The van der Waals surface area contributed by atoms with Crippen molar-refractivity contribution in [3.63, 3.8) is 0 Å². The van der Waals surface area contributed by atoms with E-state index in [1.54, 1.807) is 6.92 Å². The Morgan fingerprint density at radius 1 is 1.10 bits per heavy atom. The molecule has 0 radical (unpaired) electrons. The zero-order chi connectivity index (χ0) is 22.4. The van der Waals surface area contributed by atoms with E-state index in [2.05, 4.69) is 5.32 Å². The molecule has 2 amide bonds. The molecule has 1 heterocycles. The Labute approximate surface area is 182 Å². The molecule has 2 unspecified atom stereocenters. The van der Waals surface area contributed by atoms with E-state index in [9.17, 15) is 14.4 Å². The predicted molar refractivity (Wildman–Crippen MR) is 115 cm³/mol. The van der Waals surface area contributed by atoms with Crippen molar-refractivity contribution < 1.29 is 23.9 Å². The summed E-state index contributed by atoms with van der Waals surface area (Å²) in [5.41, 5.74) is 2.71. The minimum atomic E-state index is -0.923. The number of benzene rings is 2. The van der Waals surface area contributed by atoms with Crippen LogP contribution in [-0.4, -0.2) is 47.9 Å². The maximum atomic E-state index is 13.1. The van der Waals surface area contributed by atoms with Gasteiger partial charge in [0.05, 0.1) is 6.42 Å². The highest BCUT2D eigenvalue weighted by atomic mass is 16.5. The largest absolute Gasteiger partial charge is 0.480 e. The number of para-hydroxylation sites is 1. The van der Waals surface area contributed by atoms with Crippen LogP contribution in [0.1, 0.15) is 30.0 Å². The van der Waals surface area contributed by atoms with E-state index in [1.165, 1.54) is 4.90 Å². The zero-order valence-corrected chi connectivity index (χ0v) is 18.1. The van der Waals surface area contributed by atoms with Crippen molar-refractivity contribution in [2.75, 3.05) is 13.1 Å². The first-order chi connectivity index (χ1) is 14.9. The standard InChI is InChI=1S/C24H28N2O5/c1-16-8-7-9-17(2)22(16)31-18(3)24(29)26-13-12-25-23(28)20(26)14-21(27)30-15-19-10-5-4-6-11-19/h4-11,18,20H,12-15H2,1-3H3,(H,25,28). The molecule has 0 saturated carbocycles. The van der Waals surface area contributed by atoms with Crippen molar-refractivity contribution in [3.05, 3.63) is 65.2 Å². The SMILES string of the molecule is Cc1cccc(C)c1OC(C)C(=O)N1CCNC(=O)C1CC(=O)OCc1ccccc1. The summed E-state index contributed by atoms with van der Waals surface area (Å²) in [6, 6.07) is 14.1. The van der Waals surface area contributed by atoms with Gasteiger partial charge in [-0.15, -0.1) is 0 Å². The molecule has 2 aromatic carbocycles. The Hall–Kier alpha value is -3.35. The molecular formula is C24H28N2O5. The van der Waals surface area contributed by atoms with Gasteiger partial charge in [-0.3, -0.25) is 14.4 Å². The van der Waals surface area contributed by atoms with Gasteiger partial charge in [-0.1, -0.05) is 48.5 Å². The third-order valence-electron chi connectivity index (χ3n) is 5.27. The Bertz CT molecular complexity index is 924. The summed E-state index contributed by atoms with van der Waals surface area (Å²) in [6.45, 7) is 6.25. The van der Waals surface area contributed by atoms with Crippen LogP contribution in [-0.2, 0) is 25.7 Å². The van der Waals surface area contributed by atoms with Crippen LogP contribution < -0.4 is 10.1 Å². The number of hydrogen-bond donors (Lipinski definition) is 1. The van der Waals surface area contributed by atoms with Gasteiger partial charge in [0.25, 0.3) is 5.91 Å². The van der Waals surface area contributed by atoms with E-state index in [0.29, 0.717) is 18.8 Å². The maximum Gasteiger partial charge on any atom is 0.308 e. The quantitative estimate of drug-likeness (QED) is 0.691. The van der Waals surface area contributed by atoms with Crippen molar-refractivity contribution in [2.24, 2.45) is 0 Å². The lowest BCUT2D eigenvalue weighted by atomic mass is 10.1. The minimum Gasteiger partial charge on any atom is -0.480 e. The fourth-order valence-electron chi connectivity index (χ4n) is 3.58. The van der Waals surface area contributed by atoms with Gasteiger partial charge in [-0.2, -0.15) is 0 Å². The number of esters is 1. The molecule has 0 bridgehead atoms. The first kappa shape index (κ1) is 22.3.